The van der Waals surface area contributed by atoms with Gasteiger partial charge in [-0.05, 0) is 75.5 Å². The second-order valence-corrected chi connectivity index (χ2v) is 16.9. The van der Waals surface area contributed by atoms with E-state index in [0.717, 1.165) is 28.0 Å². The van der Waals surface area contributed by atoms with Gasteiger partial charge in [0, 0.05) is 11.6 Å². The Morgan fingerprint density at radius 3 is 2.43 bits per heavy atom. The second-order valence-electron chi connectivity index (χ2n) is 7.81. The van der Waals surface area contributed by atoms with Crippen LogP contribution in [-0.2, 0) is 12.6 Å². The predicted molar refractivity (Wildman–Crippen MR) is 142 cm³/mol. The molecule has 2 heterocycles. The van der Waals surface area contributed by atoms with Crippen LogP contribution in [0.1, 0.15) is 15.9 Å². The van der Waals surface area contributed by atoms with E-state index in [1.54, 1.807) is 55.6 Å². The maximum absolute atomic E-state index is 13.1. The van der Waals surface area contributed by atoms with Crippen molar-refractivity contribution in [2.45, 2.75) is 11.8 Å². The molecule has 11 heteroatoms. The van der Waals surface area contributed by atoms with Crippen LogP contribution in [0.4, 0.5) is 5.13 Å². The Balaban J connectivity index is 1.36. The van der Waals surface area contributed by atoms with Crippen molar-refractivity contribution in [1.82, 2.24) is 4.98 Å². The Morgan fingerprint density at radius 1 is 1.00 bits per heavy atom. The first-order valence-corrected chi connectivity index (χ1v) is 17.1. The van der Waals surface area contributed by atoms with Crippen molar-refractivity contribution in [3.63, 3.8) is 0 Å². The first kappa shape index (κ1) is 25.8. The minimum Gasteiger partial charge on any atom is -0.497 e. The third-order valence-corrected chi connectivity index (χ3v) is 15.3. The summed E-state index contributed by atoms with van der Waals surface area (Å²) < 4.78 is 39.8. The van der Waals surface area contributed by atoms with E-state index in [-0.39, 0.29) is 10.8 Å². The molecule has 1 amide bonds. The third-order valence-electron chi connectivity index (χ3n) is 5.23. The summed E-state index contributed by atoms with van der Waals surface area (Å²) in [6.07, 6.45) is 0. The van der Waals surface area contributed by atoms with Gasteiger partial charge in [-0.25, -0.2) is 4.98 Å². The Labute approximate surface area is 230 Å². The molecule has 3 aromatic carbocycles. The molecule has 1 N–H and O–H groups in total. The number of rotatable bonds is 8. The third kappa shape index (κ3) is 5.85. The molecule has 0 atom stereocenters. The molecule has 0 fully saturated rings. The molecule has 0 unspecified atom stereocenters. The molecule has 0 aliphatic rings. The number of hydrogen-bond acceptors (Lipinski definition) is 8. The average molecular weight is 665 g/mol. The van der Waals surface area contributed by atoms with Crippen molar-refractivity contribution in [3.8, 4) is 5.75 Å². The van der Waals surface area contributed by atoms with E-state index in [0.29, 0.717) is 10.7 Å². The number of thiazole rings is 1. The van der Waals surface area contributed by atoms with Crippen LogP contribution in [-0.4, -0.2) is 26.4 Å². The van der Waals surface area contributed by atoms with Gasteiger partial charge in [-0.15, -0.1) is 0 Å². The number of halogens is 1. The second kappa shape index (κ2) is 10.9. The average Bonchev–Trinajstić information content (AvgIpc) is 3.57. The lowest BCUT2D eigenvalue weighted by molar-refractivity contribution is -1.02. The van der Waals surface area contributed by atoms with Crippen LogP contribution in [0.25, 0.3) is 10.2 Å². The number of ether oxygens (including phenoxy) is 1. The van der Waals surface area contributed by atoms with Crippen LogP contribution in [0.2, 0.25) is 0 Å². The van der Waals surface area contributed by atoms with Crippen LogP contribution in [0.5, 0.6) is 5.75 Å². The van der Waals surface area contributed by atoms with Gasteiger partial charge in [0.2, 0.25) is 2.88 Å². The molecule has 0 aliphatic heterocycles. The number of methoxy groups -OCH3 is 1. The lowest BCUT2D eigenvalue weighted by Crippen LogP contribution is -3.85. The van der Waals surface area contributed by atoms with Crippen LogP contribution in [0, 0.1) is 13.4 Å². The number of carbonyl (C=O) groups excluding carboxylic acids is 1. The Hall–Kier alpha value is -2.84. The van der Waals surface area contributed by atoms with Crippen LogP contribution >= 0.6 is 22.7 Å². The lowest BCUT2D eigenvalue weighted by atomic mass is 10.2. The summed E-state index contributed by atoms with van der Waals surface area (Å²) in [7, 11) is -2.35. The highest BCUT2D eigenvalue weighted by Gasteiger charge is 2.38. The highest BCUT2D eigenvalue weighted by Crippen LogP contribution is 2.29. The summed E-state index contributed by atoms with van der Waals surface area (Å²) in [5.41, 5.74) is 2.17. The van der Waals surface area contributed by atoms with Gasteiger partial charge in [0.05, 0.1) is 22.2 Å². The van der Waals surface area contributed by atoms with Gasteiger partial charge in [0.15, 0.2) is 8.70 Å². The zero-order valence-electron chi connectivity index (χ0n) is 19.7. The van der Waals surface area contributed by atoms with Crippen LogP contribution in [0.3, 0.4) is 0 Å². The van der Waals surface area contributed by atoms with E-state index in [1.165, 1.54) is 22.7 Å². The van der Waals surface area contributed by atoms with Crippen molar-refractivity contribution < 1.29 is 40.7 Å². The minimum absolute atomic E-state index is 0.126. The normalized spacial score (nSPS) is 11.6. The number of amides is 1. The molecule has 0 saturated heterocycles. The SMILES string of the molecule is COc1ccc2nc(NC(=O)c3ccc([I+](OS(=O)(=O)c4ccc(C)cc4)c4cccs4)cc3)sc2c1. The molecule has 2 aromatic heterocycles. The molecule has 0 bridgehead atoms. The number of nitrogens with zero attached hydrogens (tertiary/aromatic N) is 1. The van der Waals surface area contributed by atoms with Crippen LogP contribution < -0.4 is 30.3 Å². The molecule has 5 aromatic rings. The van der Waals surface area contributed by atoms with Crippen LogP contribution in [0.15, 0.2) is 89.1 Å². The summed E-state index contributed by atoms with van der Waals surface area (Å²) in [4.78, 5) is 17.5. The van der Waals surface area contributed by atoms with Crippen molar-refractivity contribution in [2.75, 3.05) is 12.4 Å². The zero-order valence-corrected chi connectivity index (χ0v) is 24.3. The molecule has 7 nitrogen and oxygen atoms in total. The highest BCUT2D eigenvalue weighted by atomic mass is 127. The van der Waals surface area contributed by atoms with Crippen molar-refractivity contribution in [3.05, 3.63) is 102 Å². The fraction of sp³-hybridized carbons (Fsp3) is 0.0769. The fourth-order valence-corrected chi connectivity index (χ4v) is 13.2. The number of hydrogen-bond donors (Lipinski definition) is 1. The van der Waals surface area contributed by atoms with E-state index >= 15 is 0 Å². The molecular formula is C26H21IN2O5S3+. The van der Waals surface area contributed by atoms with Crippen molar-refractivity contribution in [2.24, 2.45) is 0 Å². The molecule has 0 aliphatic carbocycles. The number of fused-ring (bicyclic) bond motifs is 1. The van der Waals surface area contributed by atoms with Gasteiger partial charge in [-0.3, -0.25) is 10.1 Å². The molecule has 1 radical (unpaired) electrons. The summed E-state index contributed by atoms with van der Waals surface area (Å²) in [5.74, 6) is 0.420. The van der Waals surface area contributed by atoms with E-state index < -0.39 is 30.4 Å². The topological polar surface area (TPSA) is 94.6 Å². The molecule has 189 valence electrons. The van der Waals surface area contributed by atoms with E-state index in [4.69, 9.17) is 7.25 Å². The Kier molecular flexibility index (Phi) is 7.58. The van der Waals surface area contributed by atoms with E-state index in [2.05, 4.69) is 10.3 Å². The Bertz CT molecular complexity index is 1650. The maximum Gasteiger partial charge on any atom is 0.336 e. The number of thiophene rings is 1. The number of nitrogens with one attached hydrogen (secondary N) is 1. The van der Waals surface area contributed by atoms with Gasteiger partial charge in [0.25, 0.3) is 5.91 Å². The van der Waals surface area contributed by atoms with Gasteiger partial charge in [-0.2, -0.15) is 8.42 Å². The molecule has 37 heavy (non-hydrogen) atoms. The van der Waals surface area contributed by atoms with Gasteiger partial charge < -0.3 is 4.74 Å². The largest absolute Gasteiger partial charge is 0.497 e. The standard InChI is InChI=1S/C26H21IN2O5S3/c1-17-5-12-21(13-6-17)37(31,32)34-27(24-4-3-15-35-24)19-9-7-18(8-10-19)25(30)29-26-28-22-14-11-20(33-2)16-23(22)36-26/h3-16H,1-2H3,(H,28,29,30)/q+1. The smallest absolute Gasteiger partial charge is 0.336 e. The minimum atomic E-state index is -3.95. The fourth-order valence-electron chi connectivity index (χ4n) is 3.33. The lowest BCUT2D eigenvalue weighted by Gasteiger charge is -2.06. The Morgan fingerprint density at radius 2 is 1.76 bits per heavy atom. The summed E-state index contributed by atoms with van der Waals surface area (Å²) in [6, 6.07) is 22.8. The zero-order chi connectivity index (χ0) is 26.0. The van der Waals surface area contributed by atoms with E-state index in [1.807, 2.05) is 42.6 Å². The van der Waals surface area contributed by atoms with E-state index in [9.17, 15) is 13.2 Å². The van der Waals surface area contributed by atoms with Gasteiger partial charge in [0.1, 0.15) is 5.75 Å². The van der Waals surface area contributed by atoms with Gasteiger partial charge in [-0.1, -0.05) is 40.4 Å². The van der Waals surface area contributed by atoms with Crippen molar-refractivity contribution in [1.29, 1.82) is 0 Å². The molecular weight excluding hydrogens is 643 g/mol. The summed E-state index contributed by atoms with van der Waals surface area (Å²) in [6.45, 7) is 1.90. The molecule has 0 spiro atoms. The van der Waals surface area contributed by atoms with Crippen molar-refractivity contribution >= 4 is 54.0 Å². The quantitative estimate of drug-likeness (QED) is 0.257. The first-order valence-electron chi connectivity index (χ1n) is 10.9. The number of benzene rings is 3. The summed E-state index contributed by atoms with van der Waals surface area (Å²) in [5, 5.41) is 5.22. The molecule has 5 rings (SSSR count). The number of aryl methyl sites for hydroxylation is 1. The highest BCUT2D eigenvalue weighted by molar-refractivity contribution is 7.86. The number of anilines is 1. The maximum atomic E-state index is 13.1. The monoisotopic (exact) mass is 664 g/mol. The van der Waals surface area contributed by atoms with Gasteiger partial charge >= 0.3 is 30.4 Å². The summed E-state index contributed by atoms with van der Waals surface area (Å²) >= 11 is 0.0236. The first-order chi connectivity index (χ1) is 17.8. The molecule has 0 saturated carbocycles. The number of carbonyl (C=O) groups is 1. The predicted octanol–water partition coefficient (Wildman–Crippen LogP) is 2.91. The number of aromatic nitrogens is 1.